The first-order chi connectivity index (χ1) is 5.59. The summed E-state index contributed by atoms with van der Waals surface area (Å²) in [5.74, 6) is -1.22. The Balaban J connectivity index is 4.73. The van der Waals surface area contributed by atoms with Crippen LogP contribution in [0.3, 0.4) is 0 Å². The van der Waals surface area contributed by atoms with Crippen LogP contribution in [0.1, 0.15) is 13.8 Å². The van der Waals surface area contributed by atoms with E-state index in [-0.39, 0.29) is 0 Å². The summed E-state index contributed by atoms with van der Waals surface area (Å²) in [7, 11) is -1.06. The van der Waals surface area contributed by atoms with Crippen molar-refractivity contribution < 1.29 is 18.3 Å². The highest BCUT2D eigenvalue weighted by molar-refractivity contribution is 7.87. The number of carboxylic acids is 1. The summed E-state index contributed by atoms with van der Waals surface area (Å²) in [4.78, 5) is 10.6. The van der Waals surface area contributed by atoms with Gasteiger partial charge in [-0.05, 0) is 13.8 Å². The van der Waals surface area contributed by atoms with Gasteiger partial charge < -0.3 is 5.11 Å². The molecule has 0 saturated carbocycles. The molecule has 13 heavy (non-hydrogen) atoms. The maximum atomic E-state index is 11.2. The lowest BCUT2D eigenvalue weighted by molar-refractivity contribution is -0.142. The van der Waals surface area contributed by atoms with Gasteiger partial charge >= 0.3 is 5.97 Å². The van der Waals surface area contributed by atoms with E-state index in [0.717, 1.165) is 4.31 Å². The molecule has 0 unspecified atom stereocenters. The summed E-state index contributed by atoms with van der Waals surface area (Å²) >= 11 is 0. The third-order valence-corrected chi connectivity index (χ3v) is 3.13. The van der Waals surface area contributed by atoms with Crippen molar-refractivity contribution in [2.24, 2.45) is 0 Å². The molecule has 0 aliphatic rings. The SMILES string of the molecule is CN(C)S(=O)(=O)NC(C)(C)C(=O)O. The van der Waals surface area contributed by atoms with E-state index < -0.39 is 21.7 Å². The van der Waals surface area contributed by atoms with Gasteiger partial charge in [-0.15, -0.1) is 0 Å². The predicted octanol–water partition coefficient (Wildman–Crippen LogP) is -0.754. The topological polar surface area (TPSA) is 86.7 Å². The quantitative estimate of drug-likeness (QED) is 0.639. The van der Waals surface area contributed by atoms with Crippen molar-refractivity contribution in [3.63, 3.8) is 0 Å². The highest BCUT2D eigenvalue weighted by Crippen LogP contribution is 2.05. The van der Waals surface area contributed by atoms with Gasteiger partial charge in [0.2, 0.25) is 0 Å². The molecule has 0 aliphatic heterocycles. The van der Waals surface area contributed by atoms with E-state index in [4.69, 9.17) is 5.11 Å². The van der Waals surface area contributed by atoms with E-state index in [0.29, 0.717) is 0 Å². The first kappa shape index (κ1) is 12.3. The first-order valence-electron chi connectivity index (χ1n) is 3.54. The Morgan fingerprint density at radius 3 is 2.00 bits per heavy atom. The highest BCUT2D eigenvalue weighted by atomic mass is 32.2. The number of nitrogens with zero attached hydrogens (tertiary/aromatic N) is 1. The van der Waals surface area contributed by atoms with Crippen molar-refractivity contribution in [2.75, 3.05) is 14.1 Å². The first-order valence-corrected chi connectivity index (χ1v) is 4.98. The van der Waals surface area contributed by atoms with Crippen LogP contribution in [0.4, 0.5) is 0 Å². The number of carbonyl (C=O) groups is 1. The second-order valence-corrected chi connectivity index (χ2v) is 5.20. The van der Waals surface area contributed by atoms with Crippen LogP contribution in [0.5, 0.6) is 0 Å². The van der Waals surface area contributed by atoms with Gasteiger partial charge in [-0.25, -0.2) is 0 Å². The number of rotatable bonds is 4. The van der Waals surface area contributed by atoms with Crippen LogP contribution in [-0.2, 0) is 15.0 Å². The van der Waals surface area contributed by atoms with Crippen molar-refractivity contribution in [2.45, 2.75) is 19.4 Å². The van der Waals surface area contributed by atoms with Gasteiger partial charge in [0, 0.05) is 14.1 Å². The highest BCUT2D eigenvalue weighted by Gasteiger charge is 2.32. The molecule has 2 N–H and O–H groups in total. The lowest BCUT2D eigenvalue weighted by Crippen LogP contribution is -2.52. The van der Waals surface area contributed by atoms with Crippen LogP contribution >= 0.6 is 0 Å². The summed E-state index contributed by atoms with van der Waals surface area (Å²) in [5, 5.41) is 8.64. The lowest BCUT2D eigenvalue weighted by Gasteiger charge is -2.23. The monoisotopic (exact) mass is 210 g/mol. The molecule has 6 nitrogen and oxygen atoms in total. The third kappa shape index (κ3) is 3.29. The van der Waals surface area contributed by atoms with Crippen LogP contribution in [-0.4, -0.2) is 43.4 Å². The molecule has 0 fully saturated rings. The fourth-order valence-corrected chi connectivity index (χ4v) is 1.37. The van der Waals surface area contributed by atoms with Gasteiger partial charge in [0.1, 0.15) is 5.54 Å². The van der Waals surface area contributed by atoms with Gasteiger partial charge in [-0.1, -0.05) is 0 Å². The zero-order chi connectivity index (χ0) is 10.9. The molecule has 0 spiro atoms. The summed E-state index contributed by atoms with van der Waals surface area (Å²) in [6.45, 7) is 2.55. The Morgan fingerprint density at radius 2 is 1.77 bits per heavy atom. The van der Waals surface area contributed by atoms with Crippen LogP contribution in [0.2, 0.25) is 0 Å². The Bertz CT molecular complexity index is 294. The van der Waals surface area contributed by atoms with E-state index in [1.807, 2.05) is 4.72 Å². The van der Waals surface area contributed by atoms with Crippen LogP contribution in [0.15, 0.2) is 0 Å². The molecule has 7 heteroatoms. The van der Waals surface area contributed by atoms with Gasteiger partial charge in [0.25, 0.3) is 10.2 Å². The summed E-state index contributed by atoms with van der Waals surface area (Å²) in [6, 6.07) is 0. The minimum absolute atomic E-state index is 0.914. The normalized spacial score (nSPS) is 13.3. The molecule has 0 aromatic rings. The van der Waals surface area contributed by atoms with E-state index >= 15 is 0 Å². The molecule has 0 aromatic heterocycles. The maximum absolute atomic E-state index is 11.2. The average Bonchev–Trinajstić information content (AvgIpc) is 1.83. The number of hydrogen-bond donors (Lipinski definition) is 2. The molecule has 0 saturated heterocycles. The molecule has 0 rings (SSSR count). The fraction of sp³-hybridized carbons (Fsp3) is 0.833. The van der Waals surface area contributed by atoms with Gasteiger partial charge in [0.15, 0.2) is 0 Å². The molecular formula is C6H14N2O4S. The number of nitrogens with one attached hydrogen (secondary N) is 1. The zero-order valence-electron chi connectivity index (χ0n) is 8.03. The minimum atomic E-state index is -3.70. The lowest BCUT2D eigenvalue weighted by atomic mass is 10.1. The fourth-order valence-electron chi connectivity index (χ4n) is 0.457. The zero-order valence-corrected chi connectivity index (χ0v) is 8.84. The summed E-state index contributed by atoms with van der Waals surface area (Å²) < 4.78 is 25.3. The standard InChI is InChI=1S/C6H14N2O4S/c1-6(2,5(9)10)7-13(11,12)8(3)4/h7H,1-4H3,(H,9,10). The molecule has 0 bridgehead atoms. The second kappa shape index (κ2) is 3.60. The van der Waals surface area contributed by atoms with E-state index in [1.165, 1.54) is 27.9 Å². The molecule has 78 valence electrons. The van der Waals surface area contributed by atoms with E-state index in [2.05, 4.69) is 0 Å². The Hall–Kier alpha value is -0.660. The predicted molar refractivity (Wildman–Crippen MR) is 47.5 cm³/mol. The van der Waals surface area contributed by atoms with Crippen molar-refractivity contribution in [3.8, 4) is 0 Å². The Kier molecular flexibility index (Phi) is 3.42. The summed E-state index contributed by atoms with van der Waals surface area (Å²) in [5.41, 5.74) is -1.50. The molecule has 0 aromatic carbocycles. The number of carboxylic acid groups (broad SMARTS) is 1. The molecule has 0 heterocycles. The second-order valence-electron chi connectivity index (χ2n) is 3.32. The van der Waals surface area contributed by atoms with Crippen molar-refractivity contribution in [1.29, 1.82) is 0 Å². The van der Waals surface area contributed by atoms with Crippen LogP contribution < -0.4 is 4.72 Å². The molecule has 0 radical (unpaired) electrons. The number of hydrogen-bond acceptors (Lipinski definition) is 3. The van der Waals surface area contributed by atoms with Crippen LogP contribution in [0, 0.1) is 0 Å². The van der Waals surface area contributed by atoms with E-state index in [1.54, 1.807) is 0 Å². The number of aliphatic carboxylic acids is 1. The third-order valence-electron chi connectivity index (χ3n) is 1.40. The Morgan fingerprint density at radius 1 is 1.38 bits per heavy atom. The maximum Gasteiger partial charge on any atom is 0.324 e. The van der Waals surface area contributed by atoms with Gasteiger partial charge in [0.05, 0.1) is 0 Å². The summed E-state index contributed by atoms with van der Waals surface area (Å²) in [6.07, 6.45) is 0. The van der Waals surface area contributed by atoms with Crippen molar-refractivity contribution >= 4 is 16.2 Å². The molecule has 0 aliphatic carbocycles. The molecule has 0 atom stereocenters. The van der Waals surface area contributed by atoms with Crippen molar-refractivity contribution in [3.05, 3.63) is 0 Å². The smallest absolute Gasteiger partial charge is 0.324 e. The van der Waals surface area contributed by atoms with Gasteiger partial charge in [-0.2, -0.15) is 17.4 Å². The minimum Gasteiger partial charge on any atom is -0.480 e. The van der Waals surface area contributed by atoms with E-state index in [9.17, 15) is 13.2 Å². The Labute approximate surface area is 77.7 Å². The van der Waals surface area contributed by atoms with Crippen molar-refractivity contribution in [1.82, 2.24) is 9.03 Å². The molecule has 0 amide bonds. The average molecular weight is 210 g/mol. The largest absolute Gasteiger partial charge is 0.480 e. The molecular weight excluding hydrogens is 196 g/mol. The van der Waals surface area contributed by atoms with Gasteiger partial charge in [-0.3, -0.25) is 4.79 Å². The van der Waals surface area contributed by atoms with Crippen LogP contribution in [0.25, 0.3) is 0 Å².